The van der Waals surface area contributed by atoms with Crippen LogP contribution in [0.1, 0.15) is 64.7 Å². The SMILES string of the molecule is CCOC(=S)SC(CCC(=O)c1ccc(OC)cc1)C(C)(C)NC(=O)OC(C)(C)C. The third kappa shape index (κ3) is 9.34. The van der Waals surface area contributed by atoms with Crippen molar-refractivity contribution < 1.29 is 23.8 Å². The number of alkyl carbamates (subject to hydrolysis) is 1. The van der Waals surface area contributed by atoms with Gasteiger partial charge in [0.25, 0.3) is 0 Å². The van der Waals surface area contributed by atoms with E-state index in [1.165, 1.54) is 11.8 Å². The van der Waals surface area contributed by atoms with E-state index < -0.39 is 17.2 Å². The number of nitrogens with one attached hydrogen (secondary N) is 1. The van der Waals surface area contributed by atoms with Gasteiger partial charge in [0.1, 0.15) is 11.4 Å². The van der Waals surface area contributed by atoms with Crippen LogP contribution in [0.2, 0.25) is 0 Å². The smallest absolute Gasteiger partial charge is 0.408 e. The normalized spacial score (nSPS) is 12.6. The Balaban J connectivity index is 2.88. The first-order valence-corrected chi connectivity index (χ1v) is 11.2. The van der Waals surface area contributed by atoms with Gasteiger partial charge in [0.05, 0.1) is 19.3 Å². The van der Waals surface area contributed by atoms with Crippen LogP contribution in [0.5, 0.6) is 5.75 Å². The van der Waals surface area contributed by atoms with E-state index in [0.29, 0.717) is 35.1 Å². The van der Waals surface area contributed by atoms with E-state index >= 15 is 0 Å². The van der Waals surface area contributed by atoms with Crippen LogP contribution < -0.4 is 10.1 Å². The summed E-state index contributed by atoms with van der Waals surface area (Å²) in [5.74, 6) is 0.711. The molecule has 1 aromatic rings. The Labute approximate surface area is 189 Å². The van der Waals surface area contributed by atoms with Crippen molar-refractivity contribution in [1.82, 2.24) is 5.32 Å². The van der Waals surface area contributed by atoms with E-state index in [0.717, 1.165) is 0 Å². The molecule has 1 aromatic carbocycles. The maximum atomic E-state index is 12.7. The summed E-state index contributed by atoms with van der Waals surface area (Å²) in [6.07, 6.45) is 0.297. The molecular weight excluding hydrogens is 422 g/mol. The van der Waals surface area contributed by atoms with E-state index in [9.17, 15) is 9.59 Å². The van der Waals surface area contributed by atoms with Gasteiger partial charge in [-0.15, -0.1) is 0 Å². The van der Waals surface area contributed by atoms with Gasteiger partial charge in [-0.25, -0.2) is 4.79 Å². The number of methoxy groups -OCH3 is 1. The zero-order chi connectivity index (χ0) is 22.9. The Hall–Kier alpha value is -1.80. The number of thiocarbonyl (C=S) groups is 1. The van der Waals surface area contributed by atoms with E-state index in [1.807, 2.05) is 41.5 Å². The molecule has 0 spiro atoms. The molecule has 1 N–H and O–H groups in total. The molecular formula is C22H33NO5S2. The summed E-state index contributed by atoms with van der Waals surface area (Å²) in [6.45, 7) is 11.5. The highest BCUT2D eigenvalue weighted by Gasteiger charge is 2.35. The van der Waals surface area contributed by atoms with Gasteiger partial charge in [-0.2, -0.15) is 0 Å². The van der Waals surface area contributed by atoms with Crippen LogP contribution in [0.15, 0.2) is 24.3 Å². The number of benzene rings is 1. The van der Waals surface area contributed by atoms with Gasteiger partial charge in [-0.05, 0) is 84.4 Å². The van der Waals surface area contributed by atoms with E-state index in [1.54, 1.807) is 31.4 Å². The standard InChI is InChI=1S/C22H33NO5S2/c1-8-27-20(29)30-18(22(5,6)23-19(25)28-21(2,3)4)14-13-17(24)15-9-11-16(26-7)12-10-15/h9-12,18H,8,13-14H2,1-7H3,(H,23,25). The summed E-state index contributed by atoms with van der Waals surface area (Å²) >= 11 is 6.64. The number of hydrogen-bond donors (Lipinski definition) is 1. The third-order valence-corrected chi connectivity index (χ3v) is 6.00. The number of Topliss-reactive ketones (excluding diaryl/α,β-unsaturated/α-hetero) is 1. The maximum Gasteiger partial charge on any atom is 0.408 e. The molecule has 0 saturated carbocycles. The first-order chi connectivity index (χ1) is 13.9. The Kier molecular flexibility index (Phi) is 10.1. The van der Waals surface area contributed by atoms with Crippen LogP contribution in [0.4, 0.5) is 4.79 Å². The van der Waals surface area contributed by atoms with E-state index in [-0.39, 0.29) is 11.0 Å². The number of carbonyl (C=O) groups is 2. The zero-order valence-corrected chi connectivity index (χ0v) is 20.5. The van der Waals surface area contributed by atoms with Gasteiger partial charge in [-0.1, -0.05) is 11.8 Å². The molecule has 0 fully saturated rings. The molecule has 0 heterocycles. The van der Waals surface area contributed by atoms with E-state index in [4.69, 9.17) is 26.4 Å². The molecule has 0 aliphatic carbocycles. The van der Waals surface area contributed by atoms with Crippen molar-refractivity contribution in [2.24, 2.45) is 0 Å². The van der Waals surface area contributed by atoms with Gasteiger partial charge in [-0.3, -0.25) is 4.79 Å². The lowest BCUT2D eigenvalue weighted by Crippen LogP contribution is -2.52. The summed E-state index contributed by atoms with van der Waals surface area (Å²) in [5, 5.41) is 2.73. The van der Waals surface area contributed by atoms with Gasteiger partial charge < -0.3 is 19.5 Å². The van der Waals surface area contributed by atoms with Gasteiger partial charge in [0.15, 0.2) is 5.78 Å². The highest BCUT2D eigenvalue weighted by molar-refractivity contribution is 8.23. The molecule has 168 valence electrons. The molecule has 1 unspecified atom stereocenters. The van der Waals surface area contributed by atoms with Crippen LogP contribution in [0, 0.1) is 0 Å². The molecule has 8 heteroatoms. The Morgan fingerprint density at radius 1 is 1.13 bits per heavy atom. The molecule has 1 rings (SSSR count). The second kappa shape index (κ2) is 11.6. The number of carbonyl (C=O) groups excluding carboxylic acids is 2. The van der Waals surface area contributed by atoms with Crippen LogP contribution in [0.25, 0.3) is 0 Å². The topological polar surface area (TPSA) is 73.9 Å². The highest BCUT2D eigenvalue weighted by Crippen LogP contribution is 2.30. The molecule has 0 saturated heterocycles. The van der Waals surface area contributed by atoms with Crippen molar-refractivity contribution in [2.45, 2.75) is 70.8 Å². The average molecular weight is 456 g/mol. The van der Waals surface area contributed by atoms with Crippen LogP contribution >= 0.6 is 24.0 Å². The Bertz CT molecular complexity index is 726. The zero-order valence-electron chi connectivity index (χ0n) is 18.9. The van der Waals surface area contributed by atoms with Crippen molar-refractivity contribution in [3.05, 3.63) is 29.8 Å². The number of ether oxygens (including phenoxy) is 3. The van der Waals surface area contributed by atoms with Crippen molar-refractivity contribution in [3.63, 3.8) is 0 Å². The average Bonchev–Trinajstić information content (AvgIpc) is 2.62. The number of hydrogen-bond acceptors (Lipinski definition) is 7. The maximum absolute atomic E-state index is 12.7. The lowest BCUT2D eigenvalue weighted by atomic mass is 9.94. The van der Waals surface area contributed by atoms with Crippen LogP contribution in [0.3, 0.4) is 0 Å². The fourth-order valence-corrected chi connectivity index (χ4v) is 4.14. The predicted molar refractivity (Wildman–Crippen MR) is 126 cm³/mol. The van der Waals surface area contributed by atoms with E-state index in [2.05, 4.69) is 5.32 Å². The lowest BCUT2D eigenvalue weighted by Gasteiger charge is -2.35. The van der Waals surface area contributed by atoms with Crippen LogP contribution in [-0.4, -0.2) is 46.4 Å². The summed E-state index contributed by atoms with van der Waals surface area (Å²) in [7, 11) is 1.58. The molecule has 0 radical (unpaired) electrons. The Morgan fingerprint density at radius 2 is 1.73 bits per heavy atom. The fraction of sp³-hybridized carbons (Fsp3) is 0.591. The minimum Gasteiger partial charge on any atom is -0.497 e. The minimum atomic E-state index is -0.686. The fourth-order valence-electron chi connectivity index (χ4n) is 2.67. The largest absolute Gasteiger partial charge is 0.497 e. The molecule has 0 aliphatic rings. The molecule has 30 heavy (non-hydrogen) atoms. The molecule has 0 aliphatic heterocycles. The molecule has 0 aromatic heterocycles. The van der Waals surface area contributed by atoms with Crippen molar-refractivity contribution in [3.8, 4) is 5.75 Å². The van der Waals surface area contributed by atoms with Crippen molar-refractivity contribution in [1.29, 1.82) is 0 Å². The van der Waals surface area contributed by atoms with Crippen molar-refractivity contribution >= 4 is 40.2 Å². The minimum absolute atomic E-state index is 0.0126. The number of ketones is 1. The highest BCUT2D eigenvalue weighted by atomic mass is 32.2. The second-order valence-corrected chi connectivity index (χ2v) is 10.1. The monoisotopic (exact) mass is 455 g/mol. The van der Waals surface area contributed by atoms with Gasteiger partial charge in [0.2, 0.25) is 4.38 Å². The Morgan fingerprint density at radius 3 is 2.23 bits per heavy atom. The first-order valence-electron chi connectivity index (χ1n) is 9.89. The van der Waals surface area contributed by atoms with Gasteiger partial charge in [0, 0.05) is 17.2 Å². The molecule has 1 atom stereocenters. The summed E-state index contributed by atoms with van der Waals surface area (Å²) in [5.41, 5.74) is -0.674. The molecule has 1 amide bonds. The summed E-state index contributed by atoms with van der Waals surface area (Å²) in [6, 6.07) is 7.02. The van der Waals surface area contributed by atoms with Gasteiger partial charge >= 0.3 is 6.09 Å². The number of rotatable bonds is 9. The quantitative estimate of drug-likeness (QED) is 0.395. The van der Waals surface area contributed by atoms with Crippen molar-refractivity contribution in [2.75, 3.05) is 13.7 Å². The predicted octanol–water partition coefficient (Wildman–Crippen LogP) is 5.38. The molecule has 6 nitrogen and oxygen atoms in total. The molecule has 0 bridgehead atoms. The van der Waals surface area contributed by atoms with Crippen LogP contribution in [-0.2, 0) is 9.47 Å². The lowest BCUT2D eigenvalue weighted by molar-refractivity contribution is 0.0470. The number of thioether (sulfide) groups is 1. The number of amides is 1. The third-order valence-electron chi connectivity index (χ3n) is 4.17. The summed E-state index contributed by atoms with van der Waals surface area (Å²) in [4.78, 5) is 25.0. The first kappa shape index (κ1) is 26.2. The second-order valence-electron chi connectivity index (χ2n) is 8.33. The summed E-state index contributed by atoms with van der Waals surface area (Å²) < 4.78 is 16.3.